The highest BCUT2D eigenvalue weighted by molar-refractivity contribution is 7.81. The molecule has 0 aliphatic heterocycles. The fourth-order valence-electron chi connectivity index (χ4n) is 0.618. The molecule has 0 aromatic heterocycles. The third-order valence-corrected chi connectivity index (χ3v) is 1.64. The van der Waals surface area contributed by atoms with Crippen LogP contribution in [0.25, 0.3) is 0 Å². The standard InChI is InChI=1S/C7H16O3S/c1-4-7(8,11)10-6(3)9-5-2/h6,8,11H,4-5H2,1-3H3. The SMILES string of the molecule is CCOC(C)OC(O)(S)CC. The molecule has 4 heteroatoms. The topological polar surface area (TPSA) is 38.7 Å². The van der Waals surface area contributed by atoms with E-state index >= 15 is 0 Å². The number of rotatable bonds is 5. The minimum atomic E-state index is -1.37. The molecule has 0 rings (SSSR count). The van der Waals surface area contributed by atoms with E-state index in [4.69, 9.17) is 9.47 Å². The normalized spacial score (nSPS) is 19.4. The Kier molecular flexibility index (Phi) is 5.08. The molecule has 0 amide bonds. The molecule has 68 valence electrons. The van der Waals surface area contributed by atoms with Crippen LogP contribution in [0.1, 0.15) is 27.2 Å². The highest BCUT2D eigenvalue weighted by atomic mass is 32.1. The fraction of sp³-hybridized carbons (Fsp3) is 1.00. The van der Waals surface area contributed by atoms with Crippen molar-refractivity contribution in [3.8, 4) is 0 Å². The molecule has 0 saturated heterocycles. The van der Waals surface area contributed by atoms with Crippen molar-refractivity contribution in [3.05, 3.63) is 0 Å². The molecule has 0 aliphatic carbocycles. The van der Waals surface area contributed by atoms with Gasteiger partial charge in [0.2, 0.25) is 5.12 Å². The Hall–Kier alpha value is 0.230. The van der Waals surface area contributed by atoms with E-state index in [1.807, 2.05) is 6.92 Å². The van der Waals surface area contributed by atoms with Crippen LogP contribution in [0.4, 0.5) is 0 Å². The summed E-state index contributed by atoms with van der Waals surface area (Å²) in [6.07, 6.45) is 0.00973. The maximum atomic E-state index is 9.28. The molecular weight excluding hydrogens is 164 g/mol. The fourth-order valence-corrected chi connectivity index (χ4v) is 0.766. The Morgan fingerprint density at radius 3 is 2.45 bits per heavy atom. The largest absolute Gasteiger partial charge is 0.357 e. The highest BCUT2D eigenvalue weighted by Gasteiger charge is 2.22. The summed E-state index contributed by atoms with van der Waals surface area (Å²) in [5.41, 5.74) is 0. The van der Waals surface area contributed by atoms with E-state index in [0.717, 1.165) is 0 Å². The summed E-state index contributed by atoms with van der Waals surface area (Å²) in [5.74, 6) is 0. The van der Waals surface area contributed by atoms with Crippen LogP contribution < -0.4 is 0 Å². The molecular formula is C7H16O3S. The Morgan fingerprint density at radius 1 is 1.55 bits per heavy atom. The molecule has 0 bridgehead atoms. The molecule has 1 N–H and O–H groups in total. The second-order valence-electron chi connectivity index (χ2n) is 2.24. The number of hydrogen-bond donors (Lipinski definition) is 2. The van der Waals surface area contributed by atoms with Crippen LogP contribution >= 0.6 is 12.6 Å². The van der Waals surface area contributed by atoms with E-state index in [2.05, 4.69) is 12.6 Å². The molecule has 0 aromatic carbocycles. The summed E-state index contributed by atoms with van der Waals surface area (Å²) in [7, 11) is 0. The summed E-state index contributed by atoms with van der Waals surface area (Å²) in [6, 6.07) is 0. The van der Waals surface area contributed by atoms with Crippen LogP contribution in [0.2, 0.25) is 0 Å². The molecule has 3 nitrogen and oxygen atoms in total. The molecule has 0 radical (unpaired) electrons. The number of aliphatic hydroxyl groups is 1. The van der Waals surface area contributed by atoms with Crippen molar-refractivity contribution in [1.29, 1.82) is 0 Å². The van der Waals surface area contributed by atoms with Gasteiger partial charge in [-0.05, 0) is 13.8 Å². The quantitative estimate of drug-likeness (QED) is 0.496. The third kappa shape index (κ3) is 5.49. The molecule has 0 saturated carbocycles. The lowest BCUT2D eigenvalue weighted by Gasteiger charge is -2.24. The first-order valence-electron chi connectivity index (χ1n) is 3.76. The summed E-state index contributed by atoms with van der Waals surface area (Å²) in [4.78, 5) is 0. The summed E-state index contributed by atoms with van der Waals surface area (Å²) in [6.45, 7) is 5.93. The van der Waals surface area contributed by atoms with Crippen molar-refractivity contribution >= 4 is 12.6 Å². The van der Waals surface area contributed by atoms with Crippen molar-refractivity contribution in [2.45, 2.75) is 38.6 Å². The molecule has 0 aromatic rings. The number of hydrogen-bond acceptors (Lipinski definition) is 4. The summed E-state index contributed by atoms with van der Waals surface area (Å²) >= 11 is 3.87. The van der Waals surface area contributed by atoms with Gasteiger partial charge in [-0.15, -0.1) is 12.6 Å². The zero-order valence-electron chi connectivity index (χ0n) is 7.20. The van der Waals surface area contributed by atoms with E-state index in [1.54, 1.807) is 13.8 Å². The van der Waals surface area contributed by atoms with Crippen LogP contribution in [0.5, 0.6) is 0 Å². The van der Waals surface area contributed by atoms with Gasteiger partial charge in [0.1, 0.15) is 0 Å². The lowest BCUT2D eigenvalue weighted by Crippen LogP contribution is -2.30. The van der Waals surface area contributed by atoms with E-state index in [0.29, 0.717) is 13.0 Å². The van der Waals surface area contributed by atoms with Gasteiger partial charge in [-0.1, -0.05) is 6.92 Å². The number of thiol groups is 1. The van der Waals surface area contributed by atoms with Gasteiger partial charge in [-0.25, -0.2) is 0 Å². The molecule has 2 atom stereocenters. The predicted molar refractivity (Wildman–Crippen MR) is 46.4 cm³/mol. The summed E-state index contributed by atoms with van der Waals surface area (Å²) in [5, 5.41) is 7.92. The average molecular weight is 180 g/mol. The Bertz CT molecular complexity index is 106. The van der Waals surface area contributed by atoms with Gasteiger partial charge in [-0.2, -0.15) is 0 Å². The molecule has 0 fully saturated rings. The van der Waals surface area contributed by atoms with E-state index in [9.17, 15) is 5.11 Å². The van der Waals surface area contributed by atoms with Gasteiger partial charge >= 0.3 is 0 Å². The van der Waals surface area contributed by atoms with Gasteiger partial charge in [0, 0.05) is 13.0 Å². The smallest absolute Gasteiger partial charge is 0.214 e. The van der Waals surface area contributed by atoms with E-state index in [-0.39, 0.29) is 0 Å². The first kappa shape index (κ1) is 11.2. The van der Waals surface area contributed by atoms with Crippen molar-refractivity contribution in [2.75, 3.05) is 6.61 Å². The van der Waals surface area contributed by atoms with Crippen LogP contribution in [0.3, 0.4) is 0 Å². The Morgan fingerprint density at radius 2 is 2.09 bits per heavy atom. The van der Waals surface area contributed by atoms with Crippen LogP contribution in [-0.2, 0) is 9.47 Å². The third-order valence-electron chi connectivity index (χ3n) is 1.22. The number of ether oxygens (including phenoxy) is 2. The molecule has 0 spiro atoms. The Balaban J connectivity index is 3.64. The van der Waals surface area contributed by atoms with Gasteiger partial charge in [0.15, 0.2) is 6.29 Å². The highest BCUT2D eigenvalue weighted by Crippen LogP contribution is 2.18. The maximum Gasteiger partial charge on any atom is 0.214 e. The van der Waals surface area contributed by atoms with Crippen LogP contribution in [-0.4, -0.2) is 23.1 Å². The van der Waals surface area contributed by atoms with Gasteiger partial charge in [0.05, 0.1) is 0 Å². The molecule has 2 unspecified atom stereocenters. The van der Waals surface area contributed by atoms with Crippen LogP contribution in [0.15, 0.2) is 0 Å². The monoisotopic (exact) mass is 180 g/mol. The second-order valence-corrected chi connectivity index (χ2v) is 2.94. The minimum absolute atomic E-state index is 0.414. The zero-order chi connectivity index (χ0) is 8.91. The summed E-state index contributed by atoms with van der Waals surface area (Å²) < 4.78 is 10.1. The van der Waals surface area contributed by atoms with Gasteiger partial charge in [0.25, 0.3) is 0 Å². The first-order valence-corrected chi connectivity index (χ1v) is 4.20. The van der Waals surface area contributed by atoms with Crippen molar-refractivity contribution in [3.63, 3.8) is 0 Å². The van der Waals surface area contributed by atoms with Crippen molar-refractivity contribution in [1.82, 2.24) is 0 Å². The first-order chi connectivity index (χ1) is 5.02. The molecule has 0 heterocycles. The minimum Gasteiger partial charge on any atom is -0.357 e. The average Bonchev–Trinajstić information content (AvgIpc) is 1.87. The Labute approximate surface area is 73.1 Å². The maximum absolute atomic E-state index is 9.28. The van der Waals surface area contributed by atoms with E-state index in [1.165, 1.54) is 0 Å². The lowest BCUT2D eigenvalue weighted by atomic mass is 10.5. The van der Waals surface area contributed by atoms with Gasteiger partial charge < -0.3 is 14.6 Å². The molecule has 0 aliphatic rings. The predicted octanol–water partition coefficient (Wildman–Crippen LogP) is 1.37. The van der Waals surface area contributed by atoms with Crippen LogP contribution in [0, 0.1) is 0 Å². The zero-order valence-corrected chi connectivity index (χ0v) is 8.10. The lowest BCUT2D eigenvalue weighted by molar-refractivity contribution is -0.237. The van der Waals surface area contributed by atoms with Crippen molar-refractivity contribution in [2.24, 2.45) is 0 Å². The van der Waals surface area contributed by atoms with Gasteiger partial charge in [-0.3, -0.25) is 0 Å². The van der Waals surface area contributed by atoms with Crippen molar-refractivity contribution < 1.29 is 14.6 Å². The molecule has 11 heavy (non-hydrogen) atoms. The van der Waals surface area contributed by atoms with E-state index < -0.39 is 11.4 Å². The second kappa shape index (κ2) is 4.98.